The first kappa shape index (κ1) is 13.6. The molecule has 4 nitrogen and oxygen atoms in total. The summed E-state index contributed by atoms with van der Waals surface area (Å²) in [5, 5.41) is 11.6. The van der Waals surface area contributed by atoms with E-state index in [2.05, 4.69) is 52.5 Å². The van der Waals surface area contributed by atoms with E-state index < -0.39 is 0 Å². The number of anilines is 1. The summed E-state index contributed by atoms with van der Waals surface area (Å²) >= 11 is 1.88. The maximum atomic E-state index is 4.52. The lowest BCUT2D eigenvalue weighted by Gasteiger charge is -2.26. The molecule has 0 fully saturated rings. The Hall–Kier alpha value is -1.33. The molecule has 1 aliphatic heterocycles. The van der Waals surface area contributed by atoms with Gasteiger partial charge in [-0.1, -0.05) is 0 Å². The van der Waals surface area contributed by atoms with Gasteiger partial charge in [0.25, 0.3) is 0 Å². The maximum absolute atomic E-state index is 4.52. The monoisotopic (exact) mass is 290 g/mol. The van der Waals surface area contributed by atoms with Crippen molar-refractivity contribution in [3.63, 3.8) is 0 Å². The molecule has 5 heteroatoms. The van der Waals surface area contributed by atoms with Crippen LogP contribution in [0.2, 0.25) is 0 Å². The number of hydrogen-bond donors (Lipinski definition) is 2. The molecule has 0 radical (unpaired) electrons. The number of nitrogens with zero attached hydrogens (tertiary/aromatic N) is 2. The third-order valence-corrected chi connectivity index (χ3v) is 4.99. The van der Waals surface area contributed by atoms with Crippen LogP contribution >= 0.6 is 11.3 Å². The third-order valence-electron chi connectivity index (χ3n) is 3.81. The van der Waals surface area contributed by atoms with Gasteiger partial charge in [0, 0.05) is 47.4 Å². The van der Waals surface area contributed by atoms with Crippen LogP contribution in [0.5, 0.6) is 0 Å². The van der Waals surface area contributed by atoms with Crippen LogP contribution in [0.3, 0.4) is 0 Å². The minimum Gasteiger partial charge on any atom is -0.370 e. The second-order valence-electron chi connectivity index (χ2n) is 5.68. The van der Waals surface area contributed by atoms with Crippen molar-refractivity contribution in [1.82, 2.24) is 15.1 Å². The minimum absolute atomic E-state index is 0.425. The predicted octanol–water partition coefficient (Wildman–Crippen LogP) is 2.95. The number of aryl methyl sites for hydroxylation is 2. The first-order valence-corrected chi connectivity index (χ1v) is 8.01. The Labute approximate surface area is 124 Å². The van der Waals surface area contributed by atoms with Crippen molar-refractivity contribution < 1.29 is 0 Å². The highest BCUT2D eigenvalue weighted by Gasteiger charge is 2.20. The smallest absolute Gasteiger partial charge is 0.124 e. The lowest BCUT2D eigenvalue weighted by atomic mass is 10.1. The van der Waals surface area contributed by atoms with Crippen molar-refractivity contribution in [2.45, 2.75) is 33.4 Å². The van der Waals surface area contributed by atoms with Crippen LogP contribution in [0.1, 0.15) is 28.4 Å². The summed E-state index contributed by atoms with van der Waals surface area (Å²) in [7, 11) is 0. The number of aromatic nitrogens is 2. The first-order valence-electron chi connectivity index (χ1n) is 7.20. The van der Waals surface area contributed by atoms with Crippen LogP contribution in [0.15, 0.2) is 18.2 Å². The number of hydrogen-bond acceptors (Lipinski definition) is 4. The van der Waals surface area contributed by atoms with Gasteiger partial charge >= 0.3 is 0 Å². The van der Waals surface area contributed by atoms with Gasteiger partial charge < -0.3 is 10.6 Å². The molecule has 0 unspecified atom stereocenters. The molecular weight excluding hydrogens is 268 g/mol. The molecule has 0 aliphatic carbocycles. The summed E-state index contributed by atoms with van der Waals surface area (Å²) in [5.74, 6) is 1.74. The highest BCUT2D eigenvalue weighted by atomic mass is 32.1. The lowest BCUT2D eigenvalue weighted by molar-refractivity contribution is 0.377. The van der Waals surface area contributed by atoms with Crippen LogP contribution in [0, 0.1) is 19.8 Å². The number of thiophene rings is 1. The van der Waals surface area contributed by atoms with Crippen LogP contribution in [-0.4, -0.2) is 22.9 Å². The van der Waals surface area contributed by atoms with Crippen LogP contribution < -0.4 is 10.6 Å². The second-order valence-corrected chi connectivity index (χ2v) is 7.00. The van der Waals surface area contributed by atoms with E-state index in [9.17, 15) is 0 Å². The topological polar surface area (TPSA) is 41.9 Å². The Morgan fingerprint density at radius 2 is 2.35 bits per heavy atom. The second kappa shape index (κ2) is 5.58. The highest BCUT2D eigenvalue weighted by Crippen LogP contribution is 2.23. The van der Waals surface area contributed by atoms with Crippen molar-refractivity contribution in [3.8, 4) is 0 Å². The largest absolute Gasteiger partial charge is 0.370 e. The Morgan fingerprint density at radius 3 is 3.10 bits per heavy atom. The molecule has 0 saturated carbocycles. The van der Waals surface area contributed by atoms with Gasteiger partial charge in [-0.25, -0.2) is 4.68 Å². The van der Waals surface area contributed by atoms with Crippen LogP contribution in [0.25, 0.3) is 0 Å². The molecule has 1 aliphatic rings. The van der Waals surface area contributed by atoms with E-state index in [-0.39, 0.29) is 0 Å². The van der Waals surface area contributed by atoms with Gasteiger partial charge in [0.1, 0.15) is 5.82 Å². The Morgan fingerprint density at radius 1 is 1.50 bits per heavy atom. The molecule has 108 valence electrons. The van der Waals surface area contributed by atoms with E-state index in [1.54, 1.807) is 0 Å². The van der Waals surface area contributed by atoms with Crippen LogP contribution in [0.4, 0.5) is 5.82 Å². The van der Waals surface area contributed by atoms with E-state index in [0.29, 0.717) is 12.0 Å². The van der Waals surface area contributed by atoms with Gasteiger partial charge in [-0.15, -0.1) is 11.3 Å². The van der Waals surface area contributed by atoms with E-state index in [0.717, 1.165) is 31.1 Å². The van der Waals surface area contributed by atoms with Gasteiger partial charge in [-0.2, -0.15) is 5.10 Å². The first-order chi connectivity index (χ1) is 9.61. The van der Waals surface area contributed by atoms with E-state index in [1.807, 2.05) is 18.3 Å². The lowest BCUT2D eigenvalue weighted by Crippen LogP contribution is -2.36. The summed E-state index contributed by atoms with van der Waals surface area (Å²) < 4.78 is 2.09. The Bertz CT molecular complexity index is 586. The maximum Gasteiger partial charge on any atom is 0.124 e. The summed E-state index contributed by atoms with van der Waals surface area (Å²) in [4.78, 5) is 2.80. The molecule has 2 N–H and O–H groups in total. The Balaban J connectivity index is 1.55. The average molecular weight is 290 g/mol. The summed E-state index contributed by atoms with van der Waals surface area (Å²) in [6.07, 6.45) is 0. The number of nitrogens with one attached hydrogen (secondary N) is 2. The molecule has 0 aromatic carbocycles. The van der Waals surface area contributed by atoms with Crippen molar-refractivity contribution in [2.24, 2.45) is 5.92 Å². The average Bonchev–Trinajstić information content (AvgIpc) is 3.00. The summed E-state index contributed by atoms with van der Waals surface area (Å²) in [6, 6.07) is 6.96. The summed E-state index contributed by atoms with van der Waals surface area (Å²) in [6.45, 7) is 9.48. The molecule has 0 amide bonds. The minimum atomic E-state index is 0.425. The quantitative estimate of drug-likeness (QED) is 0.909. The van der Waals surface area contributed by atoms with E-state index >= 15 is 0 Å². The van der Waals surface area contributed by atoms with Gasteiger partial charge in [0.2, 0.25) is 0 Å². The molecule has 3 rings (SSSR count). The highest BCUT2D eigenvalue weighted by molar-refractivity contribution is 7.12. The predicted molar refractivity (Wildman–Crippen MR) is 84.4 cm³/mol. The normalized spacial score (nSPS) is 19.4. The molecular formula is C15H22N4S. The Kier molecular flexibility index (Phi) is 3.81. The summed E-state index contributed by atoms with van der Waals surface area (Å²) in [5.41, 5.74) is 1.09. The van der Waals surface area contributed by atoms with Crippen molar-refractivity contribution in [2.75, 3.05) is 18.4 Å². The fourth-order valence-corrected chi connectivity index (χ4v) is 3.56. The van der Waals surface area contributed by atoms with Gasteiger partial charge in [0.05, 0.1) is 5.69 Å². The zero-order valence-electron chi connectivity index (χ0n) is 12.3. The number of fused-ring (bicyclic) bond motifs is 1. The zero-order valence-corrected chi connectivity index (χ0v) is 13.1. The molecule has 0 bridgehead atoms. The number of rotatable bonds is 4. The molecule has 2 aromatic heterocycles. The zero-order chi connectivity index (χ0) is 14.1. The fraction of sp³-hybridized carbons (Fsp3) is 0.533. The van der Waals surface area contributed by atoms with E-state index in [4.69, 9.17) is 0 Å². The van der Waals surface area contributed by atoms with Gasteiger partial charge in [-0.3, -0.25) is 0 Å². The van der Waals surface area contributed by atoms with Crippen molar-refractivity contribution in [1.29, 1.82) is 0 Å². The molecule has 0 spiro atoms. The molecule has 0 saturated heterocycles. The van der Waals surface area contributed by atoms with E-state index in [1.165, 1.54) is 9.75 Å². The van der Waals surface area contributed by atoms with Crippen LogP contribution in [-0.2, 0) is 6.54 Å². The fourth-order valence-electron chi connectivity index (χ4n) is 2.65. The molecule has 20 heavy (non-hydrogen) atoms. The van der Waals surface area contributed by atoms with Gasteiger partial charge in [0.15, 0.2) is 0 Å². The van der Waals surface area contributed by atoms with Crippen molar-refractivity contribution in [3.05, 3.63) is 33.6 Å². The molecule has 2 atom stereocenters. The van der Waals surface area contributed by atoms with Gasteiger partial charge in [-0.05, 0) is 32.9 Å². The molecule has 3 heterocycles. The molecule has 2 aromatic rings. The van der Waals surface area contributed by atoms with Crippen molar-refractivity contribution >= 4 is 17.2 Å². The third kappa shape index (κ3) is 2.88. The standard InChI is InChI=1S/C15H22N4S/c1-10-6-15-17-8-13(9-19(15)18-10)7-16-12(3)14-5-4-11(2)20-14/h4-6,12-13,16-17H,7-9H2,1-3H3/t12-,13-/m0/s1. The SMILES string of the molecule is Cc1cc2n(n1)C[C@@H](CN[C@@H](C)c1ccc(C)s1)CN2.